The van der Waals surface area contributed by atoms with Gasteiger partial charge in [-0.2, -0.15) is 4.98 Å². The molecule has 0 saturated carbocycles. The Labute approximate surface area is 85.5 Å². The molecule has 0 fully saturated rings. The predicted octanol–water partition coefficient (Wildman–Crippen LogP) is 2.15. The first-order valence-corrected chi connectivity index (χ1v) is 4.59. The van der Waals surface area contributed by atoms with Crippen molar-refractivity contribution in [3.05, 3.63) is 30.3 Å². The first kappa shape index (κ1) is 8.11. The number of fused-ring (bicyclic) bond motifs is 3. The highest BCUT2D eigenvalue weighted by Crippen LogP contribution is 2.30. The van der Waals surface area contributed by atoms with E-state index in [9.17, 15) is 0 Å². The number of oxazole rings is 1. The minimum absolute atomic E-state index is 0.146. The Morgan fingerprint density at radius 1 is 1.13 bits per heavy atom. The van der Waals surface area contributed by atoms with Crippen LogP contribution in [0, 0.1) is 0 Å². The van der Waals surface area contributed by atoms with Gasteiger partial charge in [-0.1, -0.05) is 24.3 Å². The average Bonchev–Trinajstić information content (AvgIpc) is 2.61. The summed E-state index contributed by atoms with van der Waals surface area (Å²) < 4.78 is 5.25. The van der Waals surface area contributed by atoms with E-state index in [-0.39, 0.29) is 6.01 Å². The van der Waals surface area contributed by atoms with E-state index in [1.807, 2.05) is 30.3 Å². The van der Waals surface area contributed by atoms with Gasteiger partial charge in [0.2, 0.25) is 0 Å². The Bertz CT molecular complexity index is 657. The van der Waals surface area contributed by atoms with Crippen LogP contribution < -0.4 is 11.5 Å². The lowest BCUT2D eigenvalue weighted by Crippen LogP contribution is -1.86. The lowest BCUT2D eigenvalue weighted by Gasteiger charge is -1.99. The van der Waals surface area contributed by atoms with Crippen LogP contribution in [0.5, 0.6) is 0 Å². The van der Waals surface area contributed by atoms with Crippen LogP contribution in [-0.2, 0) is 0 Å². The van der Waals surface area contributed by atoms with Crippen LogP contribution in [0.2, 0.25) is 0 Å². The zero-order valence-electron chi connectivity index (χ0n) is 7.90. The van der Waals surface area contributed by atoms with Crippen molar-refractivity contribution in [1.82, 2.24) is 4.98 Å². The van der Waals surface area contributed by atoms with Crippen molar-refractivity contribution in [2.45, 2.75) is 0 Å². The summed E-state index contributed by atoms with van der Waals surface area (Å²) in [5, 5.41) is 2.04. The van der Waals surface area contributed by atoms with Gasteiger partial charge in [0.25, 0.3) is 6.01 Å². The van der Waals surface area contributed by atoms with Crippen molar-refractivity contribution < 1.29 is 4.42 Å². The van der Waals surface area contributed by atoms with E-state index in [0.29, 0.717) is 11.3 Å². The largest absolute Gasteiger partial charge is 0.421 e. The minimum atomic E-state index is 0.146. The summed E-state index contributed by atoms with van der Waals surface area (Å²) in [5.41, 5.74) is 13.2. The van der Waals surface area contributed by atoms with Crippen molar-refractivity contribution in [2.24, 2.45) is 0 Å². The normalized spacial score (nSPS) is 11.2. The fourth-order valence-corrected chi connectivity index (χ4v) is 1.79. The Morgan fingerprint density at radius 3 is 2.80 bits per heavy atom. The number of nitrogens with zero attached hydrogens (tertiary/aromatic N) is 1. The van der Waals surface area contributed by atoms with E-state index in [2.05, 4.69) is 4.98 Å². The number of anilines is 2. The second-order valence-electron chi connectivity index (χ2n) is 3.42. The van der Waals surface area contributed by atoms with Crippen LogP contribution in [-0.4, -0.2) is 4.98 Å². The third-order valence-corrected chi connectivity index (χ3v) is 2.43. The van der Waals surface area contributed by atoms with Gasteiger partial charge in [-0.25, -0.2) is 0 Å². The second kappa shape index (κ2) is 2.63. The van der Waals surface area contributed by atoms with E-state index >= 15 is 0 Å². The molecule has 0 spiro atoms. The number of benzene rings is 2. The smallest absolute Gasteiger partial charge is 0.293 e. The van der Waals surface area contributed by atoms with Crippen LogP contribution in [0.25, 0.3) is 21.9 Å². The van der Waals surface area contributed by atoms with Gasteiger partial charge in [0.1, 0.15) is 5.52 Å². The van der Waals surface area contributed by atoms with Gasteiger partial charge >= 0.3 is 0 Å². The molecule has 0 unspecified atom stereocenters. The third-order valence-electron chi connectivity index (χ3n) is 2.43. The molecule has 0 bridgehead atoms. The highest BCUT2D eigenvalue weighted by molar-refractivity contribution is 6.08. The number of rotatable bonds is 0. The molecule has 0 aliphatic carbocycles. The van der Waals surface area contributed by atoms with Crippen molar-refractivity contribution >= 4 is 33.6 Å². The maximum Gasteiger partial charge on any atom is 0.293 e. The van der Waals surface area contributed by atoms with Crippen LogP contribution in [0.4, 0.5) is 11.7 Å². The number of hydrogen-bond donors (Lipinski definition) is 2. The quantitative estimate of drug-likeness (QED) is 0.544. The first-order chi connectivity index (χ1) is 7.25. The standard InChI is InChI=1S/C11H9N3O/c12-8-5-6-3-1-2-4-7(6)9-10(8)15-11(13)14-9/h1-5H,12H2,(H2,13,14). The molecule has 0 atom stereocenters. The summed E-state index contributed by atoms with van der Waals surface area (Å²) in [7, 11) is 0. The Hall–Kier alpha value is -2.23. The highest BCUT2D eigenvalue weighted by Gasteiger charge is 2.10. The van der Waals surface area contributed by atoms with Crippen LogP contribution in [0.3, 0.4) is 0 Å². The SMILES string of the molecule is Nc1nc2c(o1)c(N)cc1ccccc12. The average molecular weight is 199 g/mol. The molecule has 4 heteroatoms. The maximum atomic E-state index is 5.85. The van der Waals surface area contributed by atoms with Gasteiger partial charge in [0.15, 0.2) is 5.58 Å². The summed E-state index contributed by atoms with van der Waals surface area (Å²) in [6, 6.07) is 9.87. The molecule has 1 aromatic heterocycles. The molecule has 3 rings (SSSR count). The summed E-state index contributed by atoms with van der Waals surface area (Å²) in [5.74, 6) is 0. The molecule has 1 heterocycles. The van der Waals surface area contributed by atoms with Gasteiger partial charge in [0.05, 0.1) is 5.69 Å². The lowest BCUT2D eigenvalue weighted by atomic mass is 10.1. The predicted molar refractivity (Wildman–Crippen MR) is 60.3 cm³/mol. The monoisotopic (exact) mass is 199 g/mol. The molecule has 0 radical (unpaired) electrons. The minimum Gasteiger partial charge on any atom is -0.421 e. The molecule has 15 heavy (non-hydrogen) atoms. The fourth-order valence-electron chi connectivity index (χ4n) is 1.79. The molecule has 2 aromatic carbocycles. The van der Waals surface area contributed by atoms with E-state index in [1.165, 1.54) is 0 Å². The van der Waals surface area contributed by atoms with Crippen LogP contribution in [0.1, 0.15) is 0 Å². The number of hydrogen-bond acceptors (Lipinski definition) is 4. The Kier molecular flexibility index (Phi) is 1.42. The van der Waals surface area contributed by atoms with Crippen molar-refractivity contribution in [3.8, 4) is 0 Å². The summed E-state index contributed by atoms with van der Waals surface area (Å²) in [6.07, 6.45) is 0. The highest BCUT2D eigenvalue weighted by atomic mass is 16.4. The van der Waals surface area contributed by atoms with Gasteiger partial charge < -0.3 is 15.9 Å². The van der Waals surface area contributed by atoms with E-state index in [0.717, 1.165) is 16.3 Å². The molecule has 74 valence electrons. The van der Waals surface area contributed by atoms with Crippen molar-refractivity contribution in [1.29, 1.82) is 0 Å². The topological polar surface area (TPSA) is 78.1 Å². The second-order valence-corrected chi connectivity index (χ2v) is 3.42. The number of nitrogen functional groups attached to an aromatic ring is 2. The molecule has 0 amide bonds. The lowest BCUT2D eigenvalue weighted by molar-refractivity contribution is 0.627. The third kappa shape index (κ3) is 1.05. The van der Waals surface area contributed by atoms with Crippen LogP contribution in [0.15, 0.2) is 34.7 Å². The van der Waals surface area contributed by atoms with Crippen LogP contribution >= 0.6 is 0 Å². The molecule has 0 saturated heterocycles. The molecule has 4 nitrogen and oxygen atoms in total. The van der Waals surface area contributed by atoms with Crippen molar-refractivity contribution in [2.75, 3.05) is 11.5 Å². The van der Waals surface area contributed by atoms with Crippen molar-refractivity contribution in [3.63, 3.8) is 0 Å². The fraction of sp³-hybridized carbons (Fsp3) is 0. The van der Waals surface area contributed by atoms with Gasteiger partial charge in [-0.3, -0.25) is 0 Å². The first-order valence-electron chi connectivity index (χ1n) is 4.59. The van der Waals surface area contributed by atoms with Gasteiger partial charge in [-0.05, 0) is 11.5 Å². The molecular formula is C11H9N3O. The number of aromatic nitrogens is 1. The Balaban J connectivity index is 2.63. The van der Waals surface area contributed by atoms with E-state index in [1.54, 1.807) is 0 Å². The molecule has 4 N–H and O–H groups in total. The maximum absolute atomic E-state index is 5.85. The molecule has 0 aliphatic rings. The van der Waals surface area contributed by atoms with E-state index in [4.69, 9.17) is 15.9 Å². The zero-order valence-corrected chi connectivity index (χ0v) is 7.90. The Morgan fingerprint density at radius 2 is 1.93 bits per heavy atom. The number of nitrogens with two attached hydrogens (primary N) is 2. The van der Waals surface area contributed by atoms with Gasteiger partial charge in [0, 0.05) is 5.39 Å². The molecular weight excluding hydrogens is 190 g/mol. The summed E-state index contributed by atoms with van der Waals surface area (Å²) >= 11 is 0. The molecule has 0 aliphatic heterocycles. The van der Waals surface area contributed by atoms with Gasteiger partial charge in [-0.15, -0.1) is 0 Å². The summed E-state index contributed by atoms with van der Waals surface area (Å²) in [4.78, 5) is 4.13. The van der Waals surface area contributed by atoms with E-state index < -0.39 is 0 Å². The summed E-state index contributed by atoms with van der Waals surface area (Å²) in [6.45, 7) is 0. The zero-order chi connectivity index (χ0) is 10.4. The molecule has 3 aromatic rings.